The predicted molar refractivity (Wildman–Crippen MR) is 108 cm³/mol. The van der Waals surface area contributed by atoms with Crippen molar-refractivity contribution in [2.45, 2.75) is 32.0 Å². The maximum Gasteiger partial charge on any atom is 0.416 e. The molecule has 1 aromatic heterocycles. The van der Waals surface area contributed by atoms with Crippen LogP contribution in [-0.4, -0.2) is 20.0 Å². The van der Waals surface area contributed by atoms with E-state index in [-0.39, 0.29) is 22.7 Å². The summed E-state index contributed by atoms with van der Waals surface area (Å²) in [5.74, 6) is 0. The number of benzene rings is 2. The van der Waals surface area contributed by atoms with E-state index in [9.17, 15) is 18.4 Å². The van der Waals surface area contributed by atoms with Crippen LogP contribution in [0, 0.1) is 18.3 Å². The fraction of sp³-hybridized carbons (Fsp3) is 0.263. The zero-order valence-electron chi connectivity index (χ0n) is 15.4. The van der Waals surface area contributed by atoms with Gasteiger partial charge in [0.2, 0.25) is 0 Å². The largest absolute Gasteiger partial charge is 0.416 e. The zero-order valence-corrected chi connectivity index (χ0v) is 17.0. The molecule has 0 spiro atoms. The highest BCUT2D eigenvalue weighted by molar-refractivity contribution is 7.80. The first kappa shape index (κ1) is 21.0. The number of nitrogens with zero attached hydrogens (tertiary/aromatic N) is 4. The number of alkyl halides is 3. The molecule has 3 rings (SSSR count). The summed E-state index contributed by atoms with van der Waals surface area (Å²) in [5, 5.41) is 19.0. The summed E-state index contributed by atoms with van der Waals surface area (Å²) in [7, 11) is 0. The molecule has 0 radical (unpaired) electrons. The molecule has 10 heteroatoms. The minimum absolute atomic E-state index is 0.0675. The third kappa shape index (κ3) is 4.04. The van der Waals surface area contributed by atoms with E-state index in [1.165, 1.54) is 17.8 Å². The number of nitrogens with two attached hydrogens (primary N) is 1. The molecule has 0 saturated heterocycles. The second-order valence-corrected chi connectivity index (χ2v) is 7.73. The van der Waals surface area contributed by atoms with Crippen molar-refractivity contribution in [2.24, 2.45) is 5.73 Å². The van der Waals surface area contributed by atoms with Gasteiger partial charge in [-0.05, 0) is 49.2 Å². The van der Waals surface area contributed by atoms with Crippen LogP contribution in [0.4, 0.5) is 13.2 Å². The van der Waals surface area contributed by atoms with Crippen molar-refractivity contribution in [3.8, 4) is 6.07 Å². The monoisotopic (exact) mass is 437 g/mol. The van der Waals surface area contributed by atoms with E-state index in [1.54, 1.807) is 12.1 Å². The lowest BCUT2D eigenvalue weighted by atomic mass is 9.80. The Morgan fingerprint density at radius 1 is 1.24 bits per heavy atom. The van der Waals surface area contributed by atoms with Crippen LogP contribution in [0.5, 0.6) is 0 Å². The Morgan fingerprint density at radius 2 is 1.86 bits per heavy atom. The van der Waals surface area contributed by atoms with Gasteiger partial charge in [0.25, 0.3) is 0 Å². The number of halogens is 4. The Kier molecular flexibility index (Phi) is 5.28. The number of aromatic nitrogens is 3. The second kappa shape index (κ2) is 7.28. The van der Waals surface area contributed by atoms with Crippen LogP contribution in [0.15, 0.2) is 30.3 Å². The van der Waals surface area contributed by atoms with E-state index in [2.05, 4.69) is 16.3 Å². The van der Waals surface area contributed by atoms with Crippen LogP contribution in [-0.2, 0) is 18.1 Å². The van der Waals surface area contributed by atoms with E-state index in [0.717, 1.165) is 17.7 Å². The van der Waals surface area contributed by atoms with Gasteiger partial charge in [-0.15, -0.1) is 0 Å². The van der Waals surface area contributed by atoms with Gasteiger partial charge in [-0.2, -0.15) is 33.4 Å². The van der Waals surface area contributed by atoms with Crippen LogP contribution < -0.4 is 5.73 Å². The van der Waals surface area contributed by atoms with Gasteiger partial charge in [0.1, 0.15) is 21.4 Å². The third-order valence-electron chi connectivity index (χ3n) is 4.61. The average molecular weight is 438 g/mol. The van der Waals surface area contributed by atoms with E-state index < -0.39 is 17.2 Å². The average Bonchev–Trinajstić information content (AvgIpc) is 3.01. The molecular weight excluding hydrogens is 423 g/mol. The van der Waals surface area contributed by atoms with Crippen molar-refractivity contribution >= 4 is 39.8 Å². The van der Waals surface area contributed by atoms with Crippen molar-refractivity contribution in [2.75, 3.05) is 0 Å². The fourth-order valence-corrected chi connectivity index (χ4v) is 3.35. The molecule has 5 nitrogen and oxygen atoms in total. The quantitative estimate of drug-likeness (QED) is 0.606. The molecular formula is C19H15ClF3N5S. The molecule has 0 aliphatic rings. The molecule has 1 heterocycles. The van der Waals surface area contributed by atoms with Crippen LogP contribution in [0.25, 0.3) is 11.0 Å². The number of rotatable bonds is 4. The molecule has 150 valence electrons. The van der Waals surface area contributed by atoms with E-state index in [4.69, 9.17) is 29.6 Å². The summed E-state index contributed by atoms with van der Waals surface area (Å²) in [4.78, 5) is 1.17. The first-order valence-corrected chi connectivity index (χ1v) is 9.17. The predicted octanol–water partition coefficient (Wildman–Crippen LogP) is 4.53. The SMILES string of the molecule is Cc1cc2nn(CC(C)(C#N)c3cc(C(F)(F)F)ccc3C(N)=S)nc2cc1Cl. The molecule has 0 saturated carbocycles. The van der Waals surface area contributed by atoms with Crippen LogP contribution >= 0.6 is 23.8 Å². The van der Waals surface area contributed by atoms with Gasteiger partial charge >= 0.3 is 6.18 Å². The van der Waals surface area contributed by atoms with Crippen molar-refractivity contribution in [1.29, 1.82) is 5.26 Å². The van der Waals surface area contributed by atoms with Gasteiger partial charge in [-0.1, -0.05) is 29.9 Å². The highest BCUT2D eigenvalue weighted by atomic mass is 35.5. The molecule has 1 unspecified atom stereocenters. The maximum atomic E-state index is 13.2. The van der Waals surface area contributed by atoms with Gasteiger partial charge in [-0.25, -0.2) is 0 Å². The first-order chi connectivity index (χ1) is 13.4. The standard InChI is InChI=1S/C19H15ClF3N5S/c1-10-5-15-16(7-14(10)20)27-28(26-15)9-18(2,8-24)13-6-11(19(21,22)23)3-4-12(13)17(25)29/h3-7H,9H2,1-2H3,(H2,25,29). The van der Waals surface area contributed by atoms with Gasteiger partial charge in [0.15, 0.2) is 0 Å². The van der Waals surface area contributed by atoms with Crippen LogP contribution in [0.1, 0.15) is 29.2 Å². The number of hydrogen-bond donors (Lipinski definition) is 1. The zero-order chi connectivity index (χ0) is 21.6. The van der Waals surface area contributed by atoms with Gasteiger partial charge in [0, 0.05) is 10.6 Å². The molecule has 3 aromatic rings. The van der Waals surface area contributed by atoms with Crippen LogP contribution in [0.2, 0.25) is 5.02 Å². The lowest BCUT2D eigenvalue weighted by Gasteiger charge is -2.25. The number of hydrogen-bond acceptors (Lipinski definition) is 4. The summed E-state index contributed by atoms with van der Waals surface area (Å²) in [5.41, 5.74) is 5.54. The molecule has 0 aliphatic heterocycles. The Labute approximate surface area is 174 Å². The minimum Gasteiger partial charge on any atom is -0.389 e. The fourth-order valence-electron chi connectivity index (χ4n) is 3.01. The lowest BCUT2D eigenvalue weighted by molar-refractivity contribution is -0.137. The number of aryl methyl sites for hydroxylation is 1. The molecule has 1 atom stereocenters. The van der Waals surface area contributed by atoms with Gasteiger partial charge < -0.3 is 5.73 Å². The van der Waals surface area contributed by atoms with Crippen molar-refractivity contribution in [3.63, 3.8) is 0 Å². The van der Waals surface area contributed by atoms with Crippen molar-refractivity contribution in [1.82, 2.24) is 15.0 Å². The number of thiocarbonyl (C=S) groups is 1. The van der Waals surface area contributed by atoms with Crippen molar-refractivity contribution < 1.29 is 13.2 Å². The third-order valence-corrected chi connectivity index (χ3v) is 5.24. The Hall–Kier alpha value is -2.70. The summed E-state index contributed by atoms with van der Waals surface area (Å²) in [6.45, 7) is 3.21. The molecule has 0 aliphatic carbocycles. The molecule has 0 bridgehead atoms. The summed E-state index contributed by atoms with van der Waals surface area (Å²) < 4.78 is 39.7. The summed E-state index contributed by atoms with van der Waals surface area (Å²) in [6, 6.07) is 8.44. The molecule has 2 aromatic carbocycles. The maximum absolute atomic E-state index is 13.2. The van der Waals surface area contributed by atoms with Crippen molar-refractivity contribution in [3.05, 3.63) is 57.6 Å². The Bertz CT molecular complexity index is 1130. The van der Waals surface area contributed by atoms with Crippen LogP contribution in [0.3, 0.4) is 0 Å². The Morgan fingerprint density at radius 3 is 2.41 bits per heavy atom. The minimum atomic E-state index is -4.58. The topological polar surface area (TPSA) is 80.5 Å². The van der Waals surface area contributed by atoms with Gasteiger partial charge in [0.05, 0.1) is 18.2 Å². The number of fused-ring (bicyclic) bond motifs is 1. The normalized spacial score (nSPS) is 13.8. The Balaban J connectivity index is 2.12. The molecule has 2 N–H and O–H groups in total. The smallest absolute Gasteiger partial charge is 0.389 e. The van der Waals surface area contributed by atoms with E-state index >= 15 is 0 Å². The first-order valence-electron chi connectivity index (χ1n) is 8.38. The lowest BCUT2D eigenvalue weighted by Crippen LogP contribution is -2.31. The summed E-state index contributed by atoms with van der Waals surface area (Å²) >= 11 is 11.1. The van der Waals surface area contributed by atoms with Gasteiger partial charge in [-0.3, -0.25) is 0 Å². The second-order valence-electron chi connectivity index (χ2n) is 6.89. The number of nitriles is 1. The summed E-state index contributed by atoms with van der Waals surface area (Å²) in [6.07, 6.45) is -4.58. The van der Waals surface area contributed by atoms with E-state index in [0.29, 0.717) is 16.1 Å². The highest BCUT2D eigenvalue weighted by Gasteiger charge is 2.36. The molecule has 29 heavy (non-hydrogen) atoms. The molecule has 0 amide bonds. The van der Waals surface area contributed by atoms with E-state index in [1.807, 2.05) is 6.92 Å². The molecule has 0 fully saturated rings. The highest BCUT2D eigenvalue weighted by Crippen LogP contribution is 2.35.